The molecule has 172 valence electrons. The highest BCUT2D eigenvalue weighted by atomic mass is 32.2. The highest BCUT2D eigenvalue weighted by Gasteiger charge is 2.33. The van der Waals surface area contributed by atoms with Gasteiger partial charge in [0.1, 0.15) is 21.8 Å². The minimum atomic E-state index is -0.293. The van der Waals surface area contributed by atoms with Crippen molar-refractivity contribution in [3.8, 4) is 6.07 Å². The van der Waals surface area contributed by atoms with E-state index < -0.39 is 0 Å². The first-order chi connectivity index (χ1) is 15.3. The number of thiocarbonyl (C=S) groups is 1. The monoisotopic (exact) mass is 472 g/mol. The van der Waals surface area contributed by atoms with Gasteiger partial charge in [-0.1, -0.05) is 57.1 Å². The molecule has 0 saturated carbocycles. The minimum Gasteiger partial charge on any atom is -0.357 e. The van der Waals surface area contributed by atoms with Gasteiger partial charge in [0.05, 0.1) is 4.91 Å². The van der Waals surface area contributed by atoms with E-state index in [1.54, 1.807) is 23.4 Å². The molecular formula is C24H32N4O2S2. The van der Waals surface area contributed by atoms with Crippen LogP contribution in [0, 0.1) is 24.2 Å². The Kier molecular flexibility index (Phi) is 8.18. The van der Waals surface area contributed by atoms with Crippen LogP contribution in [-0.2, 0) is 11.8 Å². The fourth-order valence-corrected chi connectivity index (χ4v) is 5.79. The van der Waals surface area contributed by atoms with Gasteiger partial charge in [-0.15, -0.1) is 0 Å². The van der Waals surface area contributed by atoms with Crippen molar-refractivity contribution in [3.05, 3.63) is 31.9 Å². The maximum absolute atomic E-state index is 13.1. The van der Waals surface area contributed by atoms with Crippen LogP contribution in [0.4, 0.5) is 5.82 Å². The van der Waals surface area contributed by atoms with Crippen LogP contribution in [0.15, 0.2) is 9.70 Å². The van der Waals surface area contributed by atoms with E-state index in [2.05, 4.69) is 24.8 Å². The van der Waals surface area contributed by atoms with E-state index in [0.717, 1.165) is 63.0 Å². The van der Waals surface area contributed by atoms with Crippen LogP contribution in [0.5, 0.6) is 0 Å². The summed E-state index contributed by atoms with van der Waals surface area (Å²) in [6.07, 6.45) is 8.35. The third-order valence-corrected chi connectivity index (χ3v) is 7.69. The van der Waals surface area contributed by atoms with E-state index in [9.17, 15) is 14.9 Å². The molecule has 0 aliphatic carbocycles. The summed E-state index contributed by atoms with van der Waals surface area (Å²) >= 11 is 6.81. The molecule has 0 N–H and O–H groups in total. The standard InChI is InChI=1S/C24H32N4O2S2/c1-5-6-7-8-12-28-23(30)20(32-24(28)31)13-18-17(3)19(14-25)22(29)26(4)21(18)27-11-9-10-16(2)15-27/h13,16H,5-12,15H2,1-4H3. The van der Waals surface area contributed by atoms with Crippen molar-refractivity contribution in [1.82, 2.24) is 9.47 Å². The van der Waals surface area contributed by atoms with Crippen molar-refractivity contribution < 1.29 is 4.79 Å². The molecule has 0 radical (unpaired) electrons. The number of unbranched alkanes of at least 4 members (excludes halogenated alkanes) is 3. The molecular weight excluding hydrogens is 440 g/mol. The molecule has 0 aromatic carbocycles. The van der Waals surface area contributed by atoms with Gasteiger partial charge in [0, 0.05) is 32.2 Å². The quantitative estimate of drug-likeness (QED) is 0.329. The first-order valence-corrected chi connectivity index (χ1v) is 12.7. The summed E-state index contributed by atoms with van der Waals surface area (Å²) in [6, 6.07) is 2.07. The van der Waals surface area contributed by atoms with Crippen LogP contribution in [0.2, 0.25) is 0 Å². The number of nitrogens with zero attached hydrogens (tertiary/aromatic N) is 4. The van der Waals surface area contributed by atoms with Crippen molar-refractivity contribution in [3.63, 3.8) is 0 Å². The molecule has 2 aliphatic rings. The van der Waals surface area contributed by atoms with Crippen molar-refractivity contribution in [1.29, 1.82) is 5.26 Å². The minimum absolute atomic E-state index is 0.0822. The van der Waals surface area contributed by atoms with Gasteiger partial charge in [-0.3, -0.25) is 19.1 Å². The molecule has 2 saturated heterocycles. The zero-order valence-electron chi connectivity index (χ0n) is 19.4. The maximum Gasteiger partial charge on any atom is 0.270 e. The summed E-state index contributed by atoms with van der Waals surface area (Å²) in [4.78, 5) is 30.5. The molecule has 1 aromatic rings. The molecule has 2 aliphatic heterocycles. The second-order valence-electron chi connectivity index (χ2n) is 8.80. The van der Waals surface area contributed by atoms with E-state index in [1.165, 1.54) is 11.8 Å². The molecule has 8 heteroatoms. The summed E-state index contributed by atoms with van der Waals surface area (Å²) in [5.74, 6) is 1.22. The number of hydrogen-bond donors (Lipinski definition) is 0. The Balaban J connectivity index is 2.03. The van der Waals surface area contributed by atoms with Crippen LogP contribution in [0.3, 0.4) is 0 Å². The van der Waals surface area contributed by atoms with Gasteiger partial charge in [-0.25, -0.2) is 0 Å². The van der Waals surface area contributed by atoms with Crippen LogP contribution in [0.25, 0.3) is 6.08 Å². The molecule has 1 unspecified atom stereocenters. The smallest absolute Gasteiger partial charge is 0.270 e. The van der Waals surface area contributed by atoms with Crippen molar-refractivity contribution in [2.45, 2.75) is 59.3 Å². The third kappa shape index (κ3) is 4.94. The van der Waals surface area contributed by atoms with Crippen molar-refractivity contribution in [2.75, 3.05) is 24.5 Å². The number of nitriles is 1. The Morgan fingerprint density at radius 2 is 2.03 bits per heavy atom. The lowest BCUT2D eigenvalue weighted by atomic mass is 9.98. The van der Waals surface area contributed by atoms with Gasteiger partial charge in [0.25, 0.3) is 11.5 Å². The number of anilines is 1. The number of thioether (sulfide) groups is 1. The maximum atomic E-state index is 13.1. The lowest BCUT2D eigenvalue weighted by Gasteiger charge is -2.35. The predicted octanol–water partition coefficient (Wildman–Crippen LogP) is 4.58. The van der Waals surface area contributed by atoms with Crippen LogP contribution in [0.1, 0.15) is 69.1 Å². The molecule has 1 atom stereocenters. The predicted molar refractivity (Wildman–Crippen MR) is 136 cm³/mol. The fraction of sp³-hybridized carbons (Fsp3) is 0.583. The van der Waals surface area contributed by atoms with Crippen LogP contribution >= 0.6 is 24.0 Å². The van der Waals surface area contributed by atoms with E-state index in [0.29, 0.717) is 27.3 Å². The van der Waals surface area contributed by atoms with Gasteiger partial charge < -0.3 is 4.90 Å². The average Bonchev–Trinajstić information content (AvgIpc) is 3.02. The molecule has 2 fully saturated rings. The number of carbonyl (C=O) groups excluding carboxylic acids is 1. The molecule has 1 amide bonds. The molecule has 0 spiro atoms. The largest absolute Gasteiger partial charge is 0.357 e. The number of rotatable bonds is 7. The number of amides is 1. The van der Waals surface area contributed by atoms with Crippen LogP contribution in [-0.4, -0.2) is 39.3 Å². The number of aromatic nitrogens is 1. The first-order valence-electron chi connectivity index (χ1n) is 11.4. The first kappa shape index (κ1) is 24.5. The molecule has 0 bridgehead atoms. The second kappa shape index (κ2) is 10.7. The van der Waals surface area contributed by atoms with Crippen LogP contribution < -0.4 is 10.5 Å². The lowest BCUT2D eigenvalue weighted by Crippen LogP contribution is -2.39. The molecule has 32 heavy (non-hydrogen) atoms. The Morgan fingerprint density at radius 3 is 2.69 bits per heavy atom. The molecule has 6 nitrogen and oxygen atoms in total. The number of carbonyl (C=O) groups is 1. The highest BCUT2D eigenvalue weighted by molar-refractivity contribution is 8.26. The third-order valence-electron chi connectivity index (χ3n) is 6.31. The SMILES string of the molecule is CCCCCCN1C(=O)C(=Cc2c(C)c(C#N)c(=O)n(C)c2N2CCCC(C)C2)SC1=S. The zero-order chi connectivity index (χ0) is 23.4. The Hall–Kier alpha value is -2.11. The van der Waals surface area contributed by atoms with Crippen molar-refractivity contribution in [2.24, 2.45) is 13.0 Å². The lowest BCUT2D eigenvalue weighted by molar-refractivity contribution is -0.122. The van der Waals surface area contributed by atoms with Crippen molar-refractivity contribution >= 4 is 46.1 Å². The Morgan fingerprint density at radius 1 is 1.28 bits per heavy atom. The van der Waals surface area contributed by atoms with Gasteiger partial charge in [0.2, 0.25) is 0 Å². The molecule has 1 aromatic heterocycles. The Labute approximate surface area is 200 Å². The highest BCUT2D eigenvalue weighted by Crippen LogP contribution is 2.36. The summed E-state index contributed by atoms with van der Waals surface area (Å²) in [5.41, 5.74) is 1.22. The van der Waals surface area contributed by atoms with E-state index in [4.69, 9.17) is 12.2 Å². The number of pyridine rings is 1. The summed E-state index contributed by atoms with van der Waals surface area (Å²) in [7, 11) is 1.72. The van der Waals surface area contributed by atoms with Gasteiger partial charge >= 0.3 is 0 Å². The van der Waals surface area contributed by atoms with E-state index in [-0.39, 0.29) is 17.0 Å². The van der Waals surface area contributed by atoms with E-state index >= 15 is 0 Å². The Bertz CT molecular complexity index is 1040. The summed E-state index contributed by atoms with van der Waals surface area (Å²) in [5, 5.41) is 9.63. The zero-order valence-corrected chi connectivity index (χ0v) is 21.1. The fourth-order valence-electron chi connectivity index (χ4n) is 4.50. The molecule has 3 heterocycles. The number of hydrogen-bond acceptors (Lipinski definition) is 6. The average molecular weight is 473 g/mol. The second-order valence-corrected chi connectivity index (χ2v) is 10.5. The summed E-state index contributed by atoms with van der Waals surface area (Å²) < 4.78 is 2.15. The topological polar surface area (TPSA) is 69.3 Å². The molecule has 3 rings (SSSR count). The normalized spacial score (nSPS) is 20.3. The van der Waals surface area contributed by atoms with Gasteiger partial charge in [0.15, 0.2) is 0 Å². The number of piperidine rings is 1. The van der Waals surface area contributed by atoms with Gasteiger partial charge in [-0.2, -0.15) is 5.26 Å². The van der Waals surface area contributed by atoms with E-state index in [1.807, 2.05) is 6.08 Å². The van der Waals surface area contributed by atoms with Gasteiger partial charge in [-0.05, 0) is 43.7 Å². The summed E-state index contributed by atoms with van der Waals surface area (Å²) in [6.45, 7) is 8.50.